The lowest BCUT2D eigenvalue weighted by Gasteiger charge is -2.07. The van der Waals surface area contributed by atoms with E-state index in [1.807, 2.05) is 6.07 Å². The van der Waals surface area contributed by atoms with Gasteiger partial charge in [-0.3, -0.25) is 9.36 Å². The van der Waals surface area contributed by atoms with Crippen LogP contribution in [0.15, 0.2) is 59.7 Å². The van der Waals surface area contributed by atoms with Gasteiger partial charge in [0.05, 0.1) is 0 Å². The van der Waals surface area contributed by atoms with Crippen molar-refractivity contribution in [3.05, 3.63) is 66.7 Å². The summed E-state index contributed by atoms with van der Waals surface area (Å²) >= 11 is 0. The number of oxazole rings is 1. The predicted octanol–water partition coefficient (Wildman–Crippen LogP) is 2.97. The van der Waals surface area contributed by atoms with E-state index in [4.69, 9.17) is 4.42 Å². The molecule has 118 valence electrons. The summed E-state index contributed by atoms with van der Waals surface area (Å²) in [5.74, 6) is 0.989. The summed E-state index contributed by atoms with van der Waals surface area (Å²) in [5.41, 5.74) is 2.54. The van der Waals surface area contributed by atoms with Gasteiger partial charge in [-0.2, -0.15) is 0 Å². The van der Waals surface area contributed by atoms with E-state index in [2.05, 4.69) is 20.3 Å². The lowest BCUT2D eigenvalue weighted by atomic mass is 10.2. The van der Waals surface area contributed by atoms with Gasteiger partial charge in [0.1, 0.15) is 17.7 Å². The molecular formula is C17H13N5O2. The van der Waals surface area contributed by atoms with Crippen molar-refractivity contribution in [1.29, 1.82) is 0 Å². The number of rotatable bonds is 3. The van der Waals surface area contributed by atoms with E-state index >= 15 is 0 Å². The van der Waals surface area contributed by atoms with E-state index in [0.29, 0.717) is 28.5 Å². The molecule has 1 N–H and O–H groups in total. The van der Waals surface area contributed by atoms with Crippen LogP contribution in [0.2, 0.25) is 0 Å². The van der Waals surface area contributed by atoms with Gasteiger partial charge in [-0.15, -0.1) is 0 Å². The third kappa shape index (κ3) is 2.63. The Labute approximate surface area is 137 Å². The van der Waals surface area contributed by atoms with Gasteiger partial charge >= 0.3 is 0 Å². The first-order chi connectivity index (χ1) is 11.7. The molecule has 0 aliphatic carbocycles. The summed E-state index contributed by atoms with van der Waals surface area (Å²) in [6.45, 7) is 1.78. The first kappa shape index (κ1) is 14.1. The quantitative estimate of drug-likeness (QED) is 0.627. The van der Waals surface area contributed by atoms with Crippen molar-refractivity contribution >= 4 is 22.7 Å². The van der Waals surface area contributed by atoms with Crippen LogP contribution in [0.3, 0.4) is 0 Å². The Morgan fingerprint density at radius 2 is 2.12 bits per heavy atom. The minimum absolute atomic E-state index is 0.227. The fourth-order valence-corrected chi connectivity index (χ4v) is 2.42. The molecule has 3 aromatic heterocycles. The topological polar surface area (TPSA) is 85.8 Å². The molecule has 3 heterocycles. The van der Waals surface area contributed by atoms with Gasteiger partial charge in [-0.05, 0) is 24.3 Å². The standard InChI is InChI=1S/C17H13N5O2/c1-11-20-14-3-2-13(9-15(14)24-11)21-17(23)12-4-5-19-16(8-12)22-7-6-18-10-22/h2-10H,1H3,(H,21,23). The van der Waals surface area contributed by atoms with E-state index in [1.54, 1.807) is 60.7 Å². The molecule has 0 fully saturated rings. The van der Waals surface area contributed by atoms with Gasteiger partial charge in [0.25, 0.3) is 5.91 Å². The number of fused-ring (bicyclic) bond motifs is 1. The van der Waals surface area contributed by atoms with Crippen molar-refractivity contribution in [3.8, 4) is 5.82 Å². The highest BCUT2D eigenvalue weighted by Crippen LogP contribution is 2.20. The maximum absolute atomic E-state index is 12.5. The van der Waals surface area contributed by atoms with E-state index in [1.165, 1.54) is 0 Å². The van der Waals surface area contributed by atoms with Crippen LogP contribution in [0.25, 0.3) is 16.9 Å². The van der Waals surface area contributed by atoms with Crippen molar-refractivity contribution in [2.75, 3.05) is 5.32 Å². The SMILES string of the molecule is Cc1nc2ccc(NC(=O)c3ccnc(-n4ccnc4)c3)cc2o1. The van der Waals surface area contributed by atoms with Crippen LogP contribution in [-0.4, -0.2) is 25.4 Å². The van der Waals surface area contributed by atoms with E-state index in [-0.39, 0.29) is 5.91 Å². The smallest absolute Gasteiger partial charge is 0.255 e. The number of carbonyl (C=O) groups is 1. The molecule has 0 saturated carbocycles. The molecule has 4 rings (SSSR count). The molecule has 0 aliphatic rings. The molecule has 0 saturated heterocycles. The molecule has 0 radical (unpaired) electrons. The molecule has 0 unspecified atom stereocenters. The zero-order valence-corrected chi connectivity index (χ0v) is 12.8. The molecule has 1 aromatic carbocycles. The minimum Gasteiger partial charge on any atom is -0.441 e. The number of imidazole rings is 1. The third-order valence-electron chi connectivity index (χ3n) is 3.53. The fourth-order valence-electron chi connectivity index (χ4n) is 2.42. The van der Waals surface area contributed by atoms with Crippen molar-refractivity contribution in [2.45, 2.75) is 6.92 Å². The van der Waals surface area contributed by atoms with Crippen LogP contribution in [0.5, 0.6) is 0 Å². The molecule has 24 heavy (non-hydrogen) atoms. The van der Waals surface area contributed by atoms with Crippen LogP contribution in [0, 0.1) is 6.92 Å². The van der Waals surface area contributed by atoms with E-state index < -0.39 is 0 Å². The molecule has 0 atom stereocenters. The number of carbonyl (C=O) groups excluding carboxylic acids is 1. The second-order valence-electron chi connectivity index (χ2n) is 5.24. The van der Waals surface area contributed by atoms with Crippen molar-refractivity contribution in [2.24, 2.45) is 0 Å². The van der Waals surface area contributed by atoms with Gasteiger partial charge in [0, 0.05) is 42.8 Å². The first-order valence-electron chi connectivity index (χ1n) is 7.32. The molecule has 0 spiro atoms. The molecular weight excluding hydrogens is 306 g/mol. The highest BCUT2D eigenvalue weighted by Gasteiger charge is 2.10. The Morgan fingerprint density at radius 3 is 2.96 bits per heavy atom. The third-order valence-corrected chi connectivity index (χ3v) is 3.53. The summed E-state index contributed by atoms with van der Waals surface area (Å²) in [6, 6.07) is 8.72. The van der Waals surface area contributed by atoms with Crippen LogP contribution in [0.1, 0.15) is 16.2 Å². The number of aromatic nitrogens is 4. The van der Waals surface area contributed by atoms with Gasteiger partial charge in [0.2, 0.25) is 0 Å². The highest BCUT2D eigenvalue weighted by molar-refractivity contribution is 6.05. The fraction of sp³-hybridized carbons (Fsp3) is 0.0588. The molecule has 1 amide bonds. The maximum atomic E-state index is 12.5. The second-order valence-corrected chi connectivity index (χ2v) is 5.24. The van der Waals surface area contributed by atoms with Crippen LogP contribution >= 0.6 is 0 Å². The maximum Gasteiger partial charge on any atom is 0.255 e. The van der Waals surface area contributed by atoms with Crippen molar-refractivity contribution < 1.29 is 9.21 Å². The number of anilines is 1. The lowest BCUT2D eigenvalue weighted by Crippen LogP contribution is -2.12. The Morgan fingerprint density at radius 1 is 1.21 bits per heavy atom. The highest BCUT2D eigenvalue weighted by atomic mass is 16.3. The normalized spacial score (nSPS) is 10.9. The van der Waals surface area contributed by atoms with Crippen LogP contribution in [-0.2, 0) is 0 Å². The van der Waals surface area contributed by atoms with Crippen LogP contribution in [0.4, 0.5) is 5.69 Å². The van der Waals surface area contributed by atoms with E-state index in [0.717, 1.165) is 5.52 Å². The minimum atomic E-state index is -0.227. The number of amides is 1. The monoisotopic (exact) mass is 319 g/mol. The van der Waals surface area contributed by atoms with Crippen LogP contribution < -0.4 is 5.32 Å². The van der Waals surface area contributed by atoms with Gasteiger partial charge in [-0.1, -0.05) is 0 Å². The lowest BCUT2D eigenvalue weighted by molar-refractivity contribution is 0.102. The zero-order chi connectivity index (χ0) is 16.5. The number of nitrogens with one attached hydrogen (secondary N) is 1. The number of hydrogen-bond acceptors (Lipinski definition) is 5. The Balaban J connectivity index is 1.60. The summed E-state index contributed by atoms with van der Waals surface area (Å²) in [6.07, 6.45) is 6.64. The largest absolute Gasteiger partial charge is 0.441 e. The number of benzene rings is 1. The second kappa shape index (κ2) is 5.62. The summed E-state index contributed by atoms with van der Waals surface area (Å²) in [4.78, 5) is 24.9. The van der Waals surface area contributed by atoms with Gasteiger partial charge in [-0.25, -0.2) is 15.0 Å². The Hall–Kier alpha value is -3.48. The van der Waals surface area contributed by atoms with E-state index in [9.17, 15) is 4.79 Å². The first-order valence-corrected chi connectivity index (χ1v) is 7.32. The van der Waals surface area contributed by atoms with Crippen molar-refractivity contribution in [3.63, 3.8) is 0 Å². The Kier molecular flexibility index (Phi) is 3.31. The molecule has 7 heteroatoms. The number of hydrogen-bond donors (Lipinski definition) is 1. The number of aryl methyl sites for hydroxylation is 1. The van der Waals surface area contributed by atoms with Crippen molar-refractivity contribution in [1.82, 2.24) is 19.5 Å². The summed E-state index contributed by atoms with van der Waals surface area (Å²) in [7, 11) is 0. The average molecular weight is 319 g/mol. The summed E-state index contributed by atoms with van der Waals surface area (Å²) < 4.78 is 7.22. The van der Waals surface area contributed by atoms with Gasteiger partial charge < -0.3 is 9.73 Å². The zero-order valence-electron chi connectivity index (χ0n) is 12.8. The Bertz CT molecular complexity index is 1020. The van der Waals surface area contributed by atoms with Gasteiger partial charge in [0.15, 0.2) is 11.5 Å². The average Bonchev–Trinajstić information content (AvgIpc) is 3.23. The molecule has 0 bridgehead atoms. The predicted molar refractivity (Wildman–Crippen MR) is 88.1 cm³/mol. The molecule has 0 aliphatic heterocycles. The summed E-state index contributed by atoms with van der Waals surface area (Å²) in [5, 5.41) is 2.85. The number of pyridine rings is 1. The number of nitrogens with zero attached hydrogens (tertiary/aromatic N) is 4. The molecule has 4 aromatic rings. The molecule has 7 nitrogen and oxygen atoms in total.